The largest absolute Gasteiger partial charge is 0.506 e. The van der Waals surface area contributed by atoms with Crippen molar-refractivity contribution in [1.82, 2.24) is 0 Å². The van der Waals surface area contributed by atoms with E-state index in [4.69, 9.17) is 33.5 Å². The summed E-state index contributed by atoms with van der Waals surface area (Å²) in [4.78, 5) is 84.4. The number of Topliss-reactive ketones (excluding diaryl/α,β-unsaturated/α-hetero) is 1. The average molecular weight is 580 g/mol. The third-order valence-electron chi connectivity index (χ3n) is 6.13. The van der Waals surface area contributed by atoms with Gasteiger partial charge in [-0.3, -0.25) is 28.8 Å². The zero-order valence-electron chi connectivity index (χ0n) is 22.6. The van der Waals surface area contributed by atoms with Gasteiger partial charge in [-0.25, -0.2) is 4.79 Å². The highest BCUT2D eigenvalue weighted by molar-refractivity contribution is 6.43. The first-order valence-corrected chi connectivity index (χ1v) is 12.4. The van der Waals surface area contributed by atoms with Crippen molar-refractivity contribution < 1.29 is 67.1 Å². The molecule has 2 fully saturated rings. The van der Waals surface area contributed by atoms with Crippen LogP contribution in [-0.4, -0.2) is 84.4 Å². The monoisotopic (exact) mass is 579 g/mol. The van der Waals surface area contributed by atoms with E-state index in [0.29, 0.717) is 0 Å². The summed E-state index contributed by atoms with van der Waals surface area (Å²) in [5, 5.41) is 9.14. The molecule has 1 N–H and O–H groups in total. The molecule has 2 heterocycles. The lowest BCUT2D eigenvalue weighted by molar-refractivity contribution is -0.254. The van der Waals surface area contributed by atoms with E-state index in [1.54, 1.807) is 0 Å². The Labute approximate surface area is 233 Å². The Morgan fingerprint density at radius 1 is 0.878 bits per heavy atom. The molecule has 0 saturated carbocycles. The number of ether oxygens (including phenoxy) is 6. The molecule has 0 radical (unpaired) electrons. The number of carbonyl (C=O) groups is 7. The number of hydrogen-bond donors (Lipinski definition) is 1. The van der Waals surface area contributed by atoms with Crippen molar-refractivity contribution in [1.29, 1.82) is 0 Å². The van der Waals surface area contributed by atoms with Crippen LogP contribution in [0.1, 0.15) is 51.3 Å². The molecule has 0 bridgehead atoms. The van der Waals surface area contributed by atoms with Gasteiger partial charge in [-0.1, -0.05) is 6.07 Å². The fourth-order valence-electron chi connectivity index (χ4n) is 4.60. The number of carboxylic acid groups (broad SMARTS) is 1. The molecule has 2 aliphatic rings. The van der Waals surface area contributed by atoms with E-state index in [1.165, 1.54) is 23.1 Å². The number of esters is 4. The lowest BCUT2D eigenvalue weighted by Gasteiger charge is -2.45. The predicted octanol–water partition coefficient (Wildman–Crippen LogP) is 0.985. The number of carbonyl (C=O) groups excluding carboxylic acids is 6. The van der Waals surface area contributed by atoms with Gasteiger partial charge in [0.25, 0.3) is 5.91 Å². The maximum absolute atomic E-state index is 12.3. The molecule has 5 atom stereocenters. The van der Waals surface area contributed by atoms with Crippen molar-refractivity contribution in [2.24, 2.45) is 0 Å². The van der Waals surface area contributed by atoms with Crippen LogP contribution in [0.4, 0.5) is 10.5 Å². The van der Waals surface area contributed by atoms with Crippen LogP contribution in [0.5, 0.6) is 0 Å². The van der Waals surface area contributed by atoms with Crippen LogP contribution < -0.4 is 4.90 Å². The van der Waals surface area contributed by atoms with Gasteiger partial charge in [0.15, 0.2) is 18.3 Å². The van der Waals surface area contributed by atoms with E-state index in [0.717, 1.165) is 27.7 Å². The highest BCUT2D eigenvalue weighted by Crippen LogP contribution is 2.40. The molecule has 222 valence electrons. The smallest absolute Gasteiger partial charge is 0.463 e. The van der Waals surface area contributed by atoms with Gasteiger partial charge >= 0.3 is 30.0 Å². The molecule has 2 aliphatic heterocycles. The third-order valence-corrected chi connectivity index (χ3v) is 6.13. The average Bonchev–Trinajstić information content (AvgIpc) is 3.21. The first-order chi connectivity index (χ1) is 19.3. The van der Waals surface area contributed by atoms with Gasteiger partial charge in [-0.05, 0) is 23.3 Å². The second-order valence-corrected chi connectivity index (χ2v) is 9.19. The number of nitrogens with zero attached hydrogens (tertiary/aromatic N) is 1. The minimum Gasteiger partial charge on any atom is -0.463 e. The fourth-order valence-corrected chi connectivity index (χ4v) is 4.60. The number of hydrogen-bond acceptors (Lipinski definition) is 13. The maximum atomic E-state index is 12.3. The van der Waals surface area contributed by atoms with Crippen molar-refractivity contribution >= 4 is 47.4 Å². The Balaban J connectivity index is 2.16. The zero-order chi connectivity index (χ0) is 30.4. The van der Waals surface area contributed by atoms with Crippen LogP contribution in [0, 0.1) is 0 Å². The fraction of sp³-hybridized carbons (Fsp3) is 0.500. The molecule has 1 aromatic rings. The summed E-state index contributed by atoms with van der Waals surface area (Å²) in [6.45, 7) is 3.48. The standard InChI is InChI=1S/C26H29NO14/c1-12(28)36-11-20-22(38-13(2)29)24(40-15(4)31)23(39-14(3)30)21(41-20)18-6-5-17(9-16(18)10-37-26(34)35)27-8-7-19(32)25(27)33/h5-6,9,20-24H,7-8,10-11H2,1-4H3,(H,34,35)/t20-,21-,22+,23+,24+/m1/s1. The maximum Gasteiger partial charge on any atom is 0.506 e. The normalized spacial score (nSPS) is 23.9. The van der Waals surface area contributed by atoms with E-state index in [1.807, 2.05) is 0 Å². The molecular formula is C26H29NO14. The van der Waals surface area contributed by atoms with Crippen molar-refractivity contribution in [2.75, 3.05) is 18.1 Å². The van der Waals surface area contributed by atoms with Crippen LogP contribution in [0.25, 0.3) is 0 Å². The molecule has 3 rings (SSSR count). The summed E-state index contributed by atoms with van der Waals surface area (Å²) < 4.78 is 32.3. The molecule has 1 aromatic carbocycles. The summed E-state index contributed by atoms with van der Waals surface area (Å²) in [6, 6.07) is 4.31. The Kier molecular flexibility index (Phi) is 9.99. The van der Waals surface area contributed by atoms with Crippen LogP contribution in [-0.2, 0) is 63.8 Å². The van der Waals surface area contributed by atoms with Crippen molar-refractivity contribution in [3.63, 3.8) is 0 Å². The predicted molar refractivity (Wildman–Crippen MR) is 132 cm³/mol. The Morgan fingerprint density at radius 2 is 1.49 bits per heavy atom. The van der Waals surface area contributed by atoms with Gasteiger partial charge < -0.3 is 38.4 Å². The Morgan fingerprint density at radius 3 is 2.02 bits per heavy atom. The van der Waals surface area contributed by atoms with E-state index < -0.39 is 85.5 Å². The highest BCUT2D eigenvalue weighted by Gasteiger charge is 2.53. The van der Waals surface area contributed by atoms with Crippen LogP contribution in [0.15, 0.2) is 18.2 Å². The van der Waals surface area contributed by atoms with E-state index in [2.05, 4.69) is 0 Å². The molecule has 0 unspecified atom stereocenters. The number of anilines is 1. The molecule has 41 heavy (non-hydrogen) atoms. The molecule has 2 saturated heterocycles. The van der Waals surface area contributed by atoms with Crippen molar-refractivity contribution in [3.8, 4) is 0 Å². The van der Waals surface area contributed by atoms with Crippen LogP contribution in [0.2, 0.25) is 0 Å². The topological polar surface area (TPSA) is 198 Å². The van der Waals surface area contributed by atoms with E-state index in [-0.39, 0.29) is 29.8 Å². The second-order valence-electron chi connectivity index (χ2n) is 9.19. The SMILES string of the molecule is CC(=O)OC[C@H]1O[C@H](c2ccc(N3CCC(=O)C3=O)cc2COC(=O)O)[C@H](OC(C)=O)[C@@H](OC(C)=O)[C@H]1OC(C)=O. The Hall–Kier alpha value is -4.53. The summed E-state index contributed by atoms with van der Waals surface area (Å²) in [5.41, 5.74) is 0.600. The first kappa shape index (κ1) is 31.0. The highest BCUT2D eigenvalue weighted by atomic mass is 16.7. The third kappa shape index (κ3) is 7.78. The van der Waals surface area contributed by atoms with Gasteiger partial charge in [0.1, 0.15) is 25.4 Å². The van der Waals surface area contributed by atoms with Gasteiger partial charge in [-0.15, -0.1) is 0 Å². The van der Waals surface area contributed by atoms with Gasteiger partial charge in [0.2, 0.25) is 5.78 Å². The molecule has 1 amide bonds. The van der Waals surface area contributed by atoms with Gasteiger partial charge in [0.05, 0.1) is 0 Å². The van der Waals surface area contributed by atoms with Crippen LogP contribution in [0.3, 0.4) is 0 Å². The summed E-state index contributed by atoms with van der Waals surface area (Å²) >= 11 is 0. The van der Waals surface area contributed by atoms with E-state index in [9.17, 15) is 33.6 Å². The van der Waals surface area contributed by atoms with Gasteiger partial charge in [0, 0.05) is 46.3 Å². The number of ketones is 1. The number of rotatable bonds is 9. The quantitative estimate of drug-likeness (QED) is 0.247. The molecule has 15 nitrogen and oxygen atoms in total. The first-order valence-electron chi connectivity index (χ1n) is 12.4. The molecule has 0 aromatic heterocycles. The summed E-state index contributed by atoms with van der Waals surface area (Å²) in [6.07, 6.45) is -8.45. The van der Waals surface area contributed by atoms with Crippen LogP contribution >= 0.6 is 0 Å². The van der Waals surface area contributed by atoms with Crippen molar-refractivity contribution in [2.45, 2.75) is 71.2 Å². The summed E-state index contributed by atoms with van der Waals surface area (Å²) in [7, 11) is 0. The molecular weight excluding hydrogens is 550 g/mol. The molecule has 0 aliphatic carbocycles. The van der Waals surface area contributed by atoms with E-state index >= 15 is 0 Å². The Bertz CT molecular complexity index is 1240. The molecule has 0 spiro atoms. The lowest BCUT2D eigenvalue weighted by atomic mass is 9.88. The lowest BCUT2D eigenvalue weighted by Crippen LogP contribution is -2.59. The second kappa shape index (κ2) is 13.2. The molecule has 15 heteroatoms. The minimum absolute atomic E-state index is 0.00123. The van der Waals surface area contributed by atoms with Gasteiger partial charge in [-0.2, -0.15) is 0 Å². The zero-order valence-corrected chi connectivity index (χ0v) is 22.6. The number of benzene rings is 1. The number of amides is 1. The minimum atomic E-state index is -1.62. The summed E-state index contributed by atoms with van der Waals surface area (Å²) in [5.74, 6) is -4.46. The van der Waals surface area contributed by atoms with Crippen molar-refractivity contribution in [3.05, 3.63) is 29.3 Å².